The van der Waals surface area contributed by atoms with E-state index in [2.05, 4.69) is 57.6 Å². The van der Waals surface area contributed by atoms with Gasteiger partial charge in [0.15, 0.2) is 0 Å². The first-order valence-electron chi connectivity index (χ1n) is 8.07. The summed E-state index contributed by atoms with van der Waals surface area (Å²) in [5, 5.41) is 6.67. The fraction of sp³-hybridized carbons (Fsp3) is 0.211. The minimum absolute atomic E-state index is 0.596. The first kappa shape index (κ1) is 15.9. The van der Waals surface area contributed by atoms with E-state index in [0.29, 0.717) is 12.5 Å². The van der Waals surface area contributed by atoms with Crippen LogP contribution < -0.4 is 10.6 Å². The van der Waals surface area contributed by atoms with Gasteiger partial charge < -0.3 is 10.6 Å². The summed E-state index contributed by atoms with van der Waals surface area (Å²) in [4.78, 5) is 12.9. The van der Waals surface area contributed by atoms with Crippen LogP contribution in [-0.4, -0.2) is 15.0 Å². The van der Waals surface area contributed by atoms with Crippen LogP contribution in [0.2, 0.25) is 0 Å². The zero-order valence-corrected chi connectivity index (χ0v) is 14.0. The number of anilines is 3. The molecule has 122 valence electrons. The van der Waals surface area contributed by atoms with Crippen LogP contribution in [0.4, 0.5) is 17.5 Å². The highest BCUT2D eigenvalue weighted by Crippen LogP contribution is 2.24. The molecule has 0 aliphatic carbocycles. The quantitative estimate of drug-likeness (QED) is 0.716. The second kappa shape index (κ2) is 7.55. The number of nitrogens with one attached hydrogen (secondary N) is 2. The summed E-state index contributed by atoms with van der Waals surface area (Å²) < 4.78 is 0. The van der Waals surface area contributed by atoms with Crippen molar-refractivity contribution >= 4 is 17.5 Å². The summed E-state index contributed by atoms with van der Waals surface area (Å²) in [6, 6.07) is 12.1. The molecule has 0 atom stereocenters. The fourth-order valence-electron chi connectivity index (χ4n) is 2.52. The molecular formula is C19H21N5. The Labute approximate surface area is 142 Å². The number of aryl methyl sites for hydroxylation is 2. The van der Waals surface area contributed by atoms with Crippen molar-refractivity contribution in [3.63, 3.8) is 0 Å². The van der Waals surface area contributed by atoms with Gasteiger partial charge in [-0.2, -0.15) is 4.98 Å². The van der Waals surface area contributed by atoms with E-state index in [1.807, 2.05) is 18.2 Å². The summed E-state index contributed by atoms with van der Waals surface area (Å²) in [5.74, 6) is 1.38. The van der Waals surface area contributed by atoms with Crippen molar-refractivity contribution in [2.45, 2.75) is 26.8 Å². The molecule has 3 aromatic rings. The van der Waals surface area contributed by atoms with Crippen molar-refractivity contribution in [2.75, 3.05) is 10.6 Å². The Morgan fingerprint density at radius 2 is 1.83 bits per heavy atom. The first-order chi connectivity index (χ1) is 11.8. The minimum Gasteiger partial charge on any atom is -0.366 e. The maximum atomic E-state index is 4.55. The molecule has 0 amide bonds. The number of hydrogen-bond donors (Lipinski definition) is 2. The van der Waals surface area contributed by atoms with Crippen molar-refractivity contribution in [3.05, 3.63) is 71.7 Å². The number of hydrogen-bond acceptors (Lipinski definition) is 5. The van der Waals surface area contributed by atoms with Gasteiger partial charge in [0, 0.05) is 30.8 Å². The largest absolute Gasteiger partial charge is 0.366 e. The highest BCUT2D eigenvalue weighted by atomic mass is 15.1. The van der Waals surface area contributed by atoms with Gasteiger partial charge in [0.2, 0.25) is 5.95 Å². The molecule has 3 rings (SSSR count). The van der Waals surface area contributed by atoms with Crippen LogP contribution in [0.15, 0.2) is 55.0 Å². The maximum Gasteiger partial charge on any atom is 0.229 e. The zero-order valence-electron chi connectivity index (χ0n) is 14.0. The van der Waals surface area contributed by atoms with Crippen LogP contribution >= 0.6 is 0 Å². The lowest BCUT2D eigenvalue weighted by molar-refractivity contribution is 1.07. The molecule has 24 heavy (non-hydrogen) atoms. The predicted molar refractivity (Wildman–Crippen MR) is 97.4 cm³/mol. The molecule has 0 aliphatic rings. The van der Waals surface area contributed by atoms with Crippen LogP contribution in [0.5, 0.6) is 0 Å². The van der Waals surface area contributed by atoms with Crippen LogP contribution in [0, 0.1) is 6.92 Å². The summed E-state index contributed by atoms with van der Waals surface area (Å²) >= 11 is 0. The second-order valence-electron chi connectivity index (χ2n) is 5.56. The van der Waals surface area contributed by atoms with Crippen molar-refractivity contribution in [2.24, 2.45) is 0 Å². The smallest absolute Gasteiger partial charge is 0.229 e. The molecule has 5 heteroatoms. The van der Waals surface area contributed by atoms with Crippen LogP contribution in [0.25, 0.3) is 0 Å². The molecule has 1 aromatic carbocycles. The molecule has 2 aromatic heterocycles. The Hall–Kier alpha value is -2.95. The van der Waals surface area contributed by atoms with Crippen LogP contribution in [0.3, 0.4) is 0 Å². The Morgan fingerprint density at radius 3 is 2.62 bits per heavy atom. The topological polar surface area (TPSA) is 62.7 Å². The molecule has 0 aliphatic heterocycles. The molecule has 0 fully saturated rings. The number of nitrogens with zero attached hydrogens (tertiary/aromatic N) is 3. The standard InChI is InChI=1S/C19H21N5/c1-3-16-6-4-5-14(2)18(16)24-19-21-12-9-17(23-19)22-13-15-7-10-20-11-8-15/h4-12H,3,13H2,1-2H3,(H2,21,22,23,24). The summed E-state index contributed by atoms with van der Waals surface area (Å²) in [5.41, 5.74) is 4.69. The molecular weight excluding hydrogens is 298 g/mol. The van der Waals surface area contributed by atoms with Crippen molar-refractivity contribution < 1.29 is 0 Å². The highest BCUT2D eigenvalue weighted by molar-refractivity contribution is 5.63. The number of para-hydroxylation sites is 1. The lowest BCUT2D eigenvalue weighted by Crippen LogP contribution is -2.05. The first-order valence-corrected chi connectivity index (χ1v) is 8.07. The highest BCUT2D eigenvalue weighted by Gasteiger charge is 2.06. The number of pyridine rings is 1. The van der Waals surface area contributed by atoms with E-state index in [9.17, 15) is 0 Å². The van der Waals surface area contributed by atoms with E-state index in [1.54, 1.807) is 18.6 Å². The number of aromatic nitrogens is 3. The number of benzene rings is 1. The van der Waals surface area contributed by atoms with Gasteiger partial charge in [-0.15, -0.1) is 0 Å². The summed E-state index contributed by atoms with van der Waals surface area (Å²) in [6.07, 6.45) is 6.29. The summed E-state index contributed by atoms with van der Waals surface area (Å²) in [6.45, 7) is 4.93. The van der Waals surface area contributed by atoms with E-state index < -0.39 is 0 Å². The Kier molecular flexibility index (Phi) is 5.01. The Bertz CT molecular complexity index is 802. The monoisotopic (exact) mass is 319 g/mol. The molecule has 0 saturated carbocycles. The normalized spacial score (nSPS) is 10.4. The van der Waals surface area contributed by atoms with Gasteiger partial charge in [-0.25, -0.2) is 4.98 Å². The molecule has 0 saturated heterocycles. The van der Waals surface area contributed by atoms with E-state index in [0.717, 1.165) is 23.5 Å². The fourth-order valence-corrected chi connectivity index (χ4v) is 2.52. The maximum absolute atomic E-state index is 4.55. The van der Waals surface area contributed by atoms with Gasteiger partial charge >= 0.3 is 0 Å². The summed E-state index contributed by atoms with van der Waals surface area (Å²) in [7, 11) is 0. The number of rotatable bonds is 6. The van der Waals surface area contributed by atoms with Gasteiger partial charge in [-0.1, -0.05) is 25.1 Å². The Morgan fingerprint density at radius 1 is 1.00 bits per heavy atom. The van der Waals surface area contributed by atoms with Crippen molar-refractivity contribution in [1.82, 2.24) is 15.0 Å². The minimum atomic E-state index is 0.596. The van der Waals surface area contributed by atoms with E-state index in [1.165, 1.54) is 11.1 Å². The van der Waals surface area contributed by atoms with E-state index in [4.69, 9.17) is 0 Å². The molecule has 0 spiro atoms. The third-order valence-electron chi connectivity index (χ3n) is 3.86. The lowest BCUT2D eigenvalue weighted by atomic mass is 10.1. The Balaban J connectivity index is 1.74. The van der Waals surface area contributed by atoms with Crippen LogP contribution in [-0.2, 0) is 13.0 Å². The molecule has 2 heterocycles. The molecule has 0 radical (unpaired) electrons. The predicted octanol–water partition coefficient (Wildman–Crippen LogP) is 4.10. The van der Waals surface area contributed by atoms with Crippen LogP contribution in [0.1, 0.15) is 23.6 Å². The van der Waals surface area contributed by atoms with Gasteiger partial charge in [0.1, 0.15) is 5.82 Å². The molecule has 0 unspecified atom stereocenters. The van der Waals surface area contributed by atoms with Gasteiger partial charge in [-0.05, 0) is 48.2 Å². The second-order valence-corrected chi connectivity index (χ2v) is 5.56. The third kappa shape index (κ3) is 3.87. The average molecular weight is 319 g/mol. The van der Waals surface area contributed by atoms with Gasteiger partial charge in [0.25, 0.3) is 0 Å². The lowest BCUT2D eigenvalue weighted by Gasteiger charge is -2.13. The zero-order chi connectivity index (χ0) is 16.8. The SMILES string of the molecule is CCc1cccc(C)c1Nc1nccc(NCc2ccncc2)n1. The van der Waals surface area contributed by atoms with Crippen molar-refractivity contribution in [1.29, 1.82) is 0 Å². The van der Waals surface area contributed by atoms with Gasteiger partial charge in [-0.3, -0.25) is 4.98 Å². The van der Waals surface area contributed by atoms with Gasteiger partial charge in [0.05, 0.1) is 0 Å². The van der Waals surface area contributed by atoms with Crippen molar-refractivity contribution in [3.8, 4) is 0 Å². The van der Waals surface area contributed by atoms with E-state index >= 15 is 0 Å². The molecule has 5 nitrogen and oxygen atoms in total. The van der Waals surface area contributed by atoms with E-state index in [-0.39, 0.29) is 0 Å². The average Bonchev–Trinajstić information content (AvgIpc) is 2.63. The third-order valence-corrected chi connectivity index (χ3v) is 3.86. The molecule has 0 bridgehead atoms. The molecule has 2 N–H and O–H groups in total.